The van der Waals surface area contributed by atoms with E-state index in [1.807, 2.05) is 6.07 Å². The third kappa shape index (κ3) is 3.41. The van der Waals surface area contributed by atoms with Crippen LogP contribution >= 0.6 is 0 Å². The Morgan fingerprint density at radius 2 is 1.68 bits per heavy atom. The van der Waals surface area contributed by atoms with Crippen molar-refractivity contribution in [2.24, 2.45) is 5.10 Å². The predicted octanol–water partition coefficient (Wildman–Crippen LogP) is 2.50. The van der Waals surface area contributed by atoms with Crippen LogP contribution in [0, 0.1) is 22.7 Å². The van der Waals surface area contributed by atoms with Crippen molar-refractivity contribution in [3.05, 3.63) is 53.6 Å². The van der Waals surface area contributed by atoms with Crippen molar-refractivity contribution in [3.63, 3.8) is 0 Å². The van der Waals surface area contributed by atoms with Gasteiger partial charge in [0.25, 0.3) is 0 Å². The van der Waals surface area contributed by atoms with Crippen molar-refractivity contribution >= 4 is 17.2 Å². The van der Waals surface area contributed by atoms with Crippen molar-refractivity contribution in [2.45, 2.75) is 0 Å². The lowest BCUT2D eigenvalue weighted by Crippen LogP contribution is -2.17. The molecule has 0 fully saturated rings. The maximum Gasteiger partial charge on any atom is 0.237 e. The number of carbonyl (C=O) groups is 1. The Hall–Kier alpha value is -3.84. The van der Waals surface area contributed by atoms with Gasteiger partial charge in [-0.25, -0.2) is 0 Å². The normalized spacial score (nSPS) is 11.6. The maximum absolute atomic E-state index is 12.8. The third-order valence-electron chi connectivity index (χ3n) is 3.46. The van der Waals surface area contributed by atoms with Gasteiger partial charge < -0.3 is 9.47 Å². The van der Waals surface area contributed by atoms with E-state index in [1.54, 1.807) is 48.5 Å². The highest BCUT2D eigenvalue weighted by Crippen LogP contribution is 2.36. The molecule has 7 nitrogen and oxygen atoms in total. The summed E-state index contributed by atoms with van der Waals surface area (Å²) in [4.78, 5) is 12.8. The number of ketones is 1. The largest absolute Gasteiger partial charge is 0.486 e. The fourth-order valence-corrected chi connectivity index (χ4v) is 2.31. The van der Waals surface area contributed by atoms with Crippen molar-refractivity contribution < 1.29 is 14.3 Å². The number of benzene rings is 2. The molecule has 7 heteroatoms. The molecule has 0 bridgehead atoms. The molecule has 0 saturated heterocycles. The fraction of sp³-hybridized carbons (Fsp3) is 0.111. The molecular formula is C18H12N4O3. The molecule has 1 N–H and O–H groups in total. The first-order chi connectivity index (χ1) is 12.2. The number of nitrogens with zero attached hydrogens (tertiary/aromatic N) is 3. The third-order valence-corrected chi connectivity index (χ3v) is 3.46. The average Bonchev–Trinajstić information content (AvgIpc) is 2.68. The topological polar surface area (TPSA) is 108 Å². The summed E-state index contributed by atoms with van der Waals surface area (Å²) in [6.07, 6.45) is 0. The standard InChI is InChI=1S/C18H12N4O3/c19-10-13(11-20)21-22-15-9-17-16(24-6-7-25-17)8-14(15)18(23)12-4-2-1-3-5-12/h1-5,8-9,22H,6-7H2. The Morgan fingerprint density at radius 1 is 1.04 bits per heavy atom. The molecule has 2 aromatic carbocycles. The first-order valence-corrected chi connectivity index (χ1v) is 7.40. The summed E-state index contributed by atoms with van der Waals surface area (Å²) in [5.74, 6) is 0.676. The molecule has 0 saturated carbocycles. The zero-order chi connectivity index (χ0) is 17.6. The quantitative estimate of drug-likeness (QED) is 0.523. The van der Waals surface area contributed by atoms with Crippen molar-refractivity contribution in [1.29, 1.82) is 10.5 Å². The summed E-state index contributed by atoms with van der Waals surface area (Å²) in [6.45, 7) is 0.785. The molecule has 0 radical (unpaired) electrons. The van der Waals surface area contributed by atoms with Gasteiger partial charge in [-0.3, -0.25) is 10.2 Å². The number of nitrogens with one attached hydrogen (secondary N) is 1. The number of carbonyl (C=O) groups excluding carboxylic acids is 1. The molecule has 1 heterocycles. The van der Waals surface area contributed by atoms with Gasteiger partial charge in [-0.2, -0.15) is 15.6 Å². The lowest BCUT2D eigenvalue weighted by Gasteiger charge is -2.20. The van der Waals surface area contributed by atoms with Crippen LogP contribution in [0.3, 0.4) is 0 Å². The highest BCUT2D eigenvalue weighted by Gasteiger charge is 2.21. The monoisotopic (exact) mass is 332 g/mol. The summed E-state index contributed by atoms with van der Waals surface area (Å²) in [5, 5.41) is 21.3. The summed E-state index contributed by atoms with van der Waals surface area (Å²) in [7, 11) is 0. The highest BCUT2D eigenvalue weighted by atomic mass is 16.6. The molecule has 1 aliphatic heterocycles. The zero-order valence-corrected chi connectivity index (χ0v) is 13.0. The average molecular weight is 332 g/mol. The number of ether oxygens (including phenoxy) is 2. The smallest absolute Gasteiger partial charge is 0.237 e. The summed E-state index contributed by atoms with van der Waals surface area (Å²) in [5.41, 5.74) is 3.36. The lowest BCUT2D eigenvalue weighted by molar-refractivity contribution is 0.103. The molecule has 2 aromatic rings. The van der Waals surface area contributed by atoms with E-state index >= 15 is 0 Å². The lowest BCUT2D eigenvalue weighted by atomic mass is 10.0. The van der Waals surface area contributed by atoms with Crippen LogP contribution in [0.2, 0.25) is 0 Å². The molecule has 25 heavy (non-hydrogen) atoms. The van der Waals surface area contributed by atoms with Gasteiger partial charge in [0.15, 0.2) is 17.3 Å². The highest BCUT2D eigenvalue weighted by molar-refractivity contribution is 6.13. The van der Waals surface area contributed by atoms with E-state index in [2.05, 4.69) is 10.5 Å². The van der Waals surface area contributed by atoms with Crippen LogP contribution in [0.1, 0.15) is 15.9 Å². The van der Waals surface area contributed by atoms with Crippen LogP contribution in [0.5, 0.6) is 11.5 Å². The second-order valence-corrected chi connectivity index (χ2v) is 5.03. The Labute approximate surface area is 143 Å². The van der Waals surface area contributed by atoms with Crippen molar-refractivity contribution in [3.8, 4) is 23.6 Å². The molecule has 0 aliphatic carbocycles. The SMILES string of the molecule is N#CC(C#N)=NNc1cc2c(cc1C(=O)c1ccccc1)OCCO2. The van der Waals surface area contributed by atoms with Crippen LogP contribution in [0.4, 0.5) is 5.69 Å². The summed E-state index contributed by atoms with van der Waals surface area (Å²) < 4.78 is 11.0. The van der Waals surface area contributed by atoms with Gasteiger partial charge in [0.1, 0.15) is 25.4 Å². The summed E-state index contributed by atoms with van der Waals surface area (Å²) in [6, 6.07) is 15.2. The van der Waals surface area contributed by atoms with Gasteiger partial charge in [0.2, 0.25) is 5.71 Å². The fourth-order valence-electron chi connectivity index (χ4n) is 2.31. The minimum Gasteiger partial charge on any atom is -0.486 e. The number of rotatable bonds is 4. The van der Waals surface area contributed by atoms with Gasteiger partial charge >= 0.3 is 0 Å². The second kappa shape index (κ2) is 7.16. The van der Waals surface area contributed by atoms with E-state index < -0.39 is 0 Å². The summed E-state index contributed by atoms with van der Waals surface area (Å²) >= 11 is 0. The molecule has 1 aliphatic rings. The molecule has 3 rings (SSSR count). The van der Waals surface area contributed by atoms with Gasteiger partial charge in [0.05, 0.1) is 11.3 Å². The van der Waals surface area contributed by atoms with E-state index in [0.29, 0.717) is 41.5 Å². The van der Waals surface area contributed by atoms with Crippen LogP contribution < -0.4 is 14.9 Å². The molecule has 0 spiro atoms. The van der Waals surface area contributed by atoms with E-state index in [0.717, 1.165) is 0 Å². The first-order valence-electron chi connectivity index (χ1n) is 7.40. The molecule has 122 valence electrons. The number of hydrazone groups is 1. The van der Waals surface area contributed by atoms with Crippen molar-refractivity contribution in [2.75, 3.05) is 18.6 Å². The first kappa shape index (κ1) is 16.0. The molecule has 0 aromatic heterocycles. The number of nitriles is 2. The number of anilines is 1. The van der Waals surface area contributed by atoms with E-state index in [9.17, 15) is 4.79 Å². The minimum atomic E-state index is -0.354. The molecule has 0 amide bonds. The zero-order valence-electron chi connectivity index (χ0n) is 13.0. The van der Waals surface area contributed by atoms with Gasteiger partial charge in [-0.05, 0) is 6.07 Å². The Kier molecular flexibility index (Phi) is 4.59. The number of hydrogen-bond acceptors (Lipinski definition) is 7. The Balaban J connectivity index is 2.06. The van der Waals surface area contributed by atoms with E-state index in [-0.39, 0.29) is 11.5 Å². The van der Waals surface area contributed by atoms with Gasteiger partial charge in [0, 0.05) is 11.6 Å². The second-order valence-electron chi connectivity index (χ2n) is 5.03. The molecule has 0 unspecified atom stereocenters. The maximum atomic E-state index is 12.8. The Bertz CT molecular complexity index is 908. The van der Waals surface area contributed by atoms with Crippen LogP contribution in [0.15, 0.2) is 47.6 Å². The van der Waals surface area contributed by atoms with Crippen LogP contribution in [0.25, 0.3) is 0 Å². The number of fused-ring (bicyclic) bond motifs is 1. The van der Waals surface area contributed by atoms with Gasteiger partial charge in [-0.1, -0.05) is 30.3 Å². The van der Waals surface area contributed by atoms with E-state index in [1.165, 1.54) is 0 Å². The number of hydrogen-bond donors (Lipinski definition) is 1. The predicted molar refractivity (Wildman–Crippen MR) is 89.6 cm³/mol. The minimum absolute atomic E-state index is 0.245. The molecular weight excluding hydrogens is 320 g/mol. The van der Waals surface area contributed by atoms with Crippen molar-refractivity contribution in [1.82, 2.24) is 0 Å². The van der Waals surface area contributed by atoms with Gasteiger partial charge in [-0.15, -0.1) is 0 Å². The van der Waals surface area contributed by atoms with E-state index in [4.69, 9.17) is 20.0 Å². The van der Waals surface area contributed by atoms with Crippen LogP contribution in [-0.4, -0.2) is 24.7 Å². The Morgan fingerprint density at radius 3 is 2.32 bits per heavy atom. The molecule has 0 atom stereocenters. The van der Waals surface area contributed by atoms with Crippen LogP contribution in [-0.2, 0) is 0 Å².